The van der Waals surface area contributed by atoms with Gasteiger partial charge in [0.1, 0.15) is 0 Å². The quantitative estimate of drug-likeness (QED) is 0.745. The van der Waals surface area contributed by atoms with Crippen molar-refractivity contribution in [1.29, 1.82) is 0 Å². The fourth-order valence-electron chi connectivity index (χ4n) is 3.24. The van der Waals surface area contributed by atoms with Gasteiger partial charge in [-0.15, -0.1) is 0 Å². The van der Waals surface area contributed by atoms with Crippen molar-refractivity contribution < 1.29 is 4.79 Å². The molecule has 0 aliphatic heterocycles. The third-order valence-electron chi connectivity index (χ3n) is 4.18. The van der Waals surface area contributed by atoms with Crippen molar-refractivity contribution in [2.24, 2.45) is 23.5 Å². The van der Waals surface area contributed by atoms with Crippen LogP contribution in [0, 0.1) is 17.8 Å². The lowest BCUT2D eigenvalue weighted by atomic mass is 10.1. The highest BCUT2D eigenvalue weighted by molar-refractivity contribution is 5.82. The minimum atomic E-state index is 0.372. The lowest BCUT2D eigenvalue weighted by Gasteiger charge is -2.22. The number of unbranched alkanes of at least 4 members (excludes halogenated alkanes) is 1. The Kier molecular flexibility index (Phi) is 3.85. The average molecular weight is 224 g/mol. The number of nitrogens with two attached hydrogens (primary N) is 1. The van der Waals surface area contributed by atoms with Gasteiger partial charge in [-0.25, -0.2) is 0 Å². The number of carbonyl (C=O) groups is 1. The average Bonchev–Trinajstić information content (AvgIpc) is 2.77. The Labute approximate surface area is 98.4 Å². The standard InChI is InChI=1S/C13H24N2O/c1-2-3-8-15(9-7-14)13(16)12-10-5-4-6-11(10)12/h10-12H,2-9,14H2,1H3. The van der Waals surface area contributed by atoms with Crippen LogP contribution in [0.15, 0.2) is 0 Å². The van der Waals surface area contributed by atoms with E-state index < -0.39 is 0 Å². The van der Waals surface area contributed by atoms with Crippen molar-refractivity contribution >= 4 is 5.91 Å². The van der Waals surface area contributed by atoms with Crippen molar-refractivity contribution in [3.63, 3.8) is 0 Å². The molecular weight excluding hydrogens is 200 g/mol. The largest absolute Gasteiger partial charge is 0.341 e. The second-order valence-corrected chi connectivity index (χ2v) is 5.25. The Bertz CT molecular complexity index is 244. The van der Waals surface area contributed by atoms with Gasteiger partial charge in [0.25, 0.3) is 0 Å². The maximum Gasteiger partial charge on any atom is 0.226 e. The molecule has 2 atom stereocenters. The number of hydrogen-bond acceptors (Lipinski definition) is 2. The highest BCUT2D eigenvalue weighted by atomic mass is 16.2. The molecule has 0 radical (unpaired) electrons. The first-order valence-corrected chi connectivity index (χ1v) is 6.78. The first kappa shape index (κ1) is 11.9. The van der Waals surface area contributed by atoms with Gasteiger partial charge in [-0.2, -0.15) is 0 Å². The van der Waals surface area contributed by atoms with Gasteiger partial charge in [0, 0.05) is 25.6 Å². The molecule has 0 heterocycles. The van der Waals surface area contributed by atoms with Gasteiger partial charge in [0.2, 0.25) is 5.91 Å². The monoisotopic (exact) mass is 224 g/mol. The zero-order chi connectivity index (χ0) is 11.5. The molecule has 2 N–H and O–H groups in total. The number of amides is 1. The maximum atomic E-state index is 12.3. The van der Waals surface area contributed by atoms with Gasteiger partial charge < -0.3 is 10.6 Å². The Balaban J connectivity index is 1.85. The van der Waals surface area contributed by atoms with E-state index in [0.717, 1.165) is 37.8 Å². The molecule has 92 valence electrons. The van der Waals surface area contributed by atoms with Crippen LogP contribution >= 0.6 is 0 Å². The van der Waals surface area contributed by atoms with E-state index in [1.165, 1.54) is 19.3 Å². The molecule has 0 aromatic heterocycles. The third kappa shape index (κ3) is 2.24. The normalized spacial score (nSPS) is 31.2. The molecule has 2 fully saturated rings. The van der Waals surface area contributed by atoms with E-state index in [1.54, 1.807) is 0 Å². The van der Waals surface area contributed by atoms with Gasteiger partial charge >= 0.3 is 0 Å². The van der Waals surface area contributed by atoms with Crippen LogP contribution in [0.3, 0.4) is 0 Å². The van der Waals surface area contributed by atoms with Crippen molar-refractivity contribution in [2.75, 3.05) is 19.6 Å². The predicted octanol–water partition coefficient (Wildman–Crippen LogP) is 1.62. The first-order valence-electron chi connectivity index (χ1n) is 6.78. The molecule has 2 aliphatic carbocycles. The second-order valence-electron chi connectivity index (χ2n) is 5.25. The van der Waals surface area contributed by atoms with Crippen LogP contribution in [-0.4, -0.2) is 30.4 Å². The molecule has 3 heteroatoms. The molecule has 2 saturated carbocycles. The fraction of sp³-hybridized carbons (Fsp3) is 0.923. The van der Waals surface area contributed by atoms with E-state index in [2.05, 4.69) is 6.92 Å². The number of rotatable bonds is 6. The van der Waals surface area contributed by atoms with Crippen LogP contribution in [0.1, 0.15) is 39.0 Å². The Hall–Kier alpha value is -0.570. The summed E-state index contributed by atoms with van der Waals surface area (Å²) in [4.78, 5) is 14.3. The smallest absolute Gasteiger partial charge is 0.226 e. The molecule has 0 aromatic carbocycles. The van der Waals surface area contributed by atoms with Gasteiger partial charge in [0.15, 0.2) is 0 Å². The van der Waals surface area contributed by atoms with E-state index >= 15 is 0 Å². The van der Waals surface area contributed by atoms with Gasteiger partial charge in [-0.05, 0) is 31.1 Å². The van der Waals surface area contributed by atoms with Crippen LogP contribution in [0.25, 0.3) is 0 Å². The van der Waals surface area contributed by atoms with Crippen molar-refractivity contribution in [3.8, 4) is 0 Å². The summed E-state index contributed by atoms with van der Waals surface area (Å²) in [5.74, 6) is 2.23. The molecule has 0 spiro atoms. The summed E-state index contributed by atoms with van der Waals surface area (Å²) in [6.07, 6.45) is 6.15. The summed E-state index contributed by atoms with van der Waals surface area (Å²) in [5, 5.41) is 0. The van der Waals surface area contributed by atoms with Crippen LogP contribution in [0.5, 0.6) is 0 Å². The zero-order valence-electron chi connectivity index (χ0n) is 10.3. The fourth-order valence-corrected chi connectivity index (χ4v) is 3.24. The zero-order valence-corrected chi connectivity index (χ0v) is 10.3. The lowest BCUT2D eigenvalue weighted by molar-refractivity contribution is -0.133. The molecule has 2 rings (SSSR count). The Morgan fingerprint density at radius 3 is 2.56 bits per heavy atom. The number of fused-ring (bicyclic) bond motifs is 1. The van der Waals surface area contributed by atoms with Crippen LogP contribution in [0.2, 0.25) is 0 Å². The maximum absolute atomic E-state index is 12.3. The number of hydrogen-bond donors (Lipinski definition) is 1. The van der Waals surface area contributed by atoms with E-state index in [9.17, 15) is 4.79 Å². The Morgan fingerprint density at radius 1 is 1.31 bits per heavy atom. The SMILES string of the molecule is CCCCN(CCN)C(=O)C1C2CCCC21. The van der Waals surface area contributed by atoms with E-state index in [1.807, 2.05) is 4.90 Å². The molecule has 1 amide bonds. The van der Waals surface area contributed by atoms with Crippen molar-refractivity contribution in [2.45, 2.75) is 39.0 Å². The molecule has 2 unspecified atom stereocenters. The molecule has 0 aromatic rings. The number of carbonyl (C=O) groups excluding carboxylic acids is 1. The van der Waals surface area contributed by atoms with Crippen LogP contribution < -0.4 is 5.73 Å². The minimum Gasteiger partial charge on any atom is -0.341 e. The minimum absolute atomic E-state index is 0.372. The first-order chi connectivity index (χ1) is 7.79. The van der Waals surface area contributed by atoms with Crippen LogP contribution in [-0.2, 0) is 4.79 Å². The third-order valence-corrected chi connectivity index (χ3v) is 4.18. The van der Waals surface area contributed by atoms with Gasteiger partial charge in [0.05, 0.1) is 0 Å². The van der Waals surface area contributed by atoms with Gasteiger partial charge in [-0.1, -0.05) is 19.8 Å². The van der Waals surface area contributed by atoms with Crippen LogP contribution in [0.4, 0.5) is 0 Å². The predicted molar refractivity (Wildman–Crippen MR) is 64.9 cm³/mol. The molecular formula is C13H24N2O. The Morgan fingerprint density at radius 2 is 2.00 bits per heavy atom. The topological polar surface area (TPSA) is 46.3 Å². The van der Waals surface area contributed by atoms with E-state index in [0.29, 0.717) is 18.4 Å². The van der Waals surface area contributed by atoms with E-state index in [-0.39, 0.29) is 0 Å². The van der Waals surface area contributed by atoms with Crippen molar-refractivity contribution in [3.05, 3.63) is 0 Å². The summed E-state index contributed by atoms with van der Waals surface area (Å²) in [5.41, 5.74) is 5.58. The highest BCUT2D eigenvalue weighted by Gasteiger charge is 2.57. The van der Waals surface area contributed by atoms with Crippen molar-refractivity contribution in [1.82, 2.24) is 4.90 Å². The lowest BCUT2D eigenvalue weighted by Crippen LogP contribution is -2.38. The molecule has 0 bridgehead atoms. The summed E-state index contributed by atoms with van der Waals surface area (Å²) in [6, 6.07) is 0. The number of nitrogens with zero attached hydrogens (tertiary/aromatic N) is 1. The summed E-state index contributed by atoms with van der Waals surface area (Å²) >= 11 is 0. The van der Waals surface area contributed by atoms with Gasteiger partial charge in [-0.3, -0.25) is 4.79 Å². The molecule has 0 saturated heterocycles. The molecule has 3 nitrogen and oxygen atoms in total. The summed E-state index contributed by atoms with van der Waals surface area (Å²) in [7, 11) is 0. The summed E-state index contributed by atoms with van der Waals surface area (Å²) in [6.45, 7) is 4.41. The summed E-state index contributed by atoms with van der Waals surface area (Å²) < 4.78 is 0. The molecule has 2 aliphatic rings. The molecule has 16 heavy (non-hydrogen) atoms. The highest BCUT2D eigenvalue weighted by Crippen LogP contribution is 2.58. The second kappa shape index (κ2) is 5.17. The van der Waals surface area contributed by atoms with E-state index in [4.69, 9.17) is 5.73 Å².